The molecule has 3 rings (SSSR count). The van der Waals surface area contributed by atoms with Gasteiger partial charge in [0.25, 0.3) is 0 Å². The van der Waals surface area contributed by atoms with E-state index in [1.165, 1.54) is 11.8 Å². The fourth-order valence-electron chi connectivity index (χ4n) is 1.63. The third kappa shape index (κ3) is 2.58. The number of phenolic OH excluding ortho intramolecular Hbond substituents is 1. The Labute approximate surface area is 113 Å². The smallest absolute Gasteiger partial charge is 0.218 e. The number of benzene rings is 2. The lowest BCUT2D eigenvalue weighted by molar-refractivity contribution is 0.474. The zero-order valence-electron chi connectivity index (χ0n) is 9.84. The van der Waals surface area contributed by atoms with Gasteiger partial charge in [0, 0.05) is 4.90 Å². The first kappa shape index (κ1) is 11.7. The molecule has 1 N–H and O–H groups in total. The van der Waals surface area contributed by atoms with Crippen molar-refractivity contribution in [2.45, 2.75) is 10.1 Å². The van der Waals surface area contributed by atoms with Gasteiger partial charge in [-0.1, -0.05) is 24.3 Å². The van der Waals surface area contributed by atoms with Gasteiger partial charge < -0.3 is 5.11 Å². The molecule has 0 radical (unpaired) electrons. The molecule has 0 bridgehead atoms. The molecule has 94 valence electrons. The summed E-state index contributed by atoms with van der Waals surface area (Å²) in [5.74, 6) is 0.226. The summed E-state index contributed by atoms with van der Waals surface area (Å²) in [6, 6.07) is 16.7. The molecule has 0 saturated carbocycles. The lowest BCUT2D eigenvalue weighted by Gasteiger charge is -2.04. The maximum atomic E-state index is 9.46. The van der Waals surface area contributed by atoms with Crippen molar-refractivity contribution in [2.24, 2.45) is 0 Å². The Kier molecular flexibility index (Phi) is 3.16. The molecule has 6 heteroatoms. The van der Waals surface area contributed by atoms with Crippen LogP contribution in [0.15, 0.2) is 64.6 Å². The number of aromatic nitrogens is 4. The number of tetrazole rings is 1. The minimum atomic E-state index is 0.226. The van der Waals surface area contributed by atoms with Crippen LogP contribution >= 0.6 is 11.8 Å². The lowest BCUT2D eigenvalue weighted by atomic mass is 10.3. The lowest BCUT2D eigenvalue weighted by Crippen LogP contribution is -1.98. The monoisotopic (exact) mass is 270 g/mol. The molecule has 0 unspecified atom stereocenters. The van der Waals surface area contributed by atoms with Gasteiger partial charge in [0.1, 0.15) is 5.75 Å². The number of rotatable bonds is 3. The van der Waals surface area contributed by atoms with E-state index in [9.17, 15) is 5.11 Å². The van der Waals surface area contributed by atoms with Crippen LogP contribution in [-0.4, -0.2) is 25.3 Å². The van der Waals surface area contributed by atoms with E-state index in [0.717, 1.165) is 10.6 Å². The number of hydrogen-bond acceptors (Lipinski definition) is 5. The number of para-hydroxylation sites is 1. The average molecular weight is 270 g/mol. The highest BCUT2D eigenvalue weighted by Crippen LogP contribution is 2.28. The van der Waals surface area contributed by atoms with Crippen LogP contribution in [0.5, 0.6) is 5.75 Å². The molecule has 0 atom stereocenters. The average Bonchev–Trinajstić information content (AvgIpc) is 2.88. The number of nitrogens with zero attached hydrogens (tertiary/aromatic N) is 4. The van der Waals surface area contributed by atoms with E-state index in [-0.39, 0.29) is 5.75 Å². The molecule has 19 heavy (non-hydrogen) atoms. The maximum absolute atomic E-state index is 9.46. The summed E-state index contributed by atoms with van der Waals surface area (Å²) in [5.41, 5.74) is 0.898. The van der Waals surface area contributed by atoms with Gasteiger partial charge in [0.2, 0.25) is 5.16 Å². The van der Waals surface area contributed by atoms with E-state index < -0.39 is 0 Å². The van der Waals surface area contributed by atoms with Crippen LogP contribution in [0.3, 0.4) is 0 Å². The Bertz CT molecular complexity index is 684. The van der Waals surface area contributed by atoms with Crippen molar-refractivity contribution in [3.05, 3.63) is 54.6 Å². The van der Waals surface area contributed by atoms with Gasteiger partial charge in [-0.05, 0) is 52.5 Å². The quantitative estimate of drug-likeness (QED) is 0.792. The normalized spacial score (nSPS) is 10.5. The molecule has 0 aliphatic rings. The summed E-state index contributed by atoms with van der Waals surface area (Å²) >= 11 is 1.40. The van der Waals surface area contributed by atoms with E-state index in [0.29, 0.717) is 5.16 Å². The first-order chi connectivity index (χ1) is 9.33. The molecular formula is C13H10N4OS. The fourth-order valence-corrected chi connectivity index (χ4v) is 2.47. The van der Waals surface area contributed by atoms with E-state index in [2.05, 4.69) is 15.5 Å². The van der Waals surface area contributed by atoms with Gasteiger partial charge in [-0.2, -0.15) is 4.68 Å². The highest BCUT2D eigenvalue weighted by molar-refractivity contribution is 7.99. The largest absolute Gasteiger partial charge is 0.508 e. The number of hydrogen-bond donors (Lipinski definition) is 1. The molecule has 0 amide bonds. The van der Waals surface area contributed by atoms with Crippen molar-refractivity contribution in [1.82, 2.24) is 20.2 Å². The Balaban J connectivity index is 1.93. The predicted molar refractivity (Wildman–Crippen MR) is 71.4 cm³/mol. The van der Waals surface area contributed by atoms with Crippen LogP contribution in [-0.2, 0) is 0 Å². The number of phenols is 1. The van der Waals surface area contributed by atoms with Gasteiger partial charge in [-0.25, -0.2) is 0 Å². The summed E-state index contributed by atoms with van der Waals surface area (Å²) in [5, 5.41) is 21.8. The van der Waals surface area contributed by atoms with E-state index in [1.807, 2.05) is 36.4 Å². The van der Waals surface area contributed by atoms with Crippen molar-refractivity contribution in [1.29, 1.82) is 0 Å². The summed E-state index contributed by atoms with van der Waals surface area (Å²) in [7, 11) is 0. The summed E-state index contributed by atoms with van der Waals surface area (Å²) in [6.07, 6.45) is 0. The third-order valence-corrected chi connectivity index (χ3v) is 3.40. The topological polar surface area (TPSA) is 63.8 Å². The zero-order valence-corrected chi connectivity index (χ0v) is 10.7. The fraction of sp³-hybridized carbons (Fsp3) is 0. The highest BCUT2D eigenvalue weighted by Gasteiger charge is 2.09. The molecule has 1 heterocycles. The predicted octanol–water partition coefficient (Wildman–Crippen LogP) is 2.52. The van der Waals surface area contributed by atoms with Gasteiger partial charge in [-0.3, -0.25) is 0 Å². The molecule has 0 aliphatic heterocycles. The standard InChI is InChI=1S/C13H10N4OS/c18-11-7-4-8-12(9-11)19-13-14-15-16-17(13)10-5-2-1-3-6-10/h1-9,18H. The molecular weight excluding hydrogens is 260 g/mol. The van der Waals surface area contributed by atoms with Crippen LogP contribution in [0, 0.1) is 0 Å². The second kappa shape index (κ2) is 5.11. The molecule has 0 aliphatic carbocycles. The SMILES string of the molecule is Oc1cccc(Sc2nnnn2-c2ccccc2)c1. The molecule has 2 aromatic carbocycles. The van der Waals surface area contributed by atoms with Crippen molar-refractivity contribution in [2.75, 3.05) is 0 Å². The Morgan fingerprint density at radius 1 is 1.00 bits per heavy atom. The Hall–Kier alpha value is -2.34. The second-order valence-corrected chi connectivity index (χ2v) is 4.85. The van der Waals surface area contributed by atoms with Crippen LogP contribution in [0.4, 0.5) is 0 Å². The molecule has 0 saturated heterocycles. The molecule has 3 aromatic rings. The summed E-state index contributed by atoms with van der Waals surface area (Å²) < 4.78 is 1.66. The van der Waals surface area contributed by atoms with Crippen LogP contribution in [0.2, 0.25) is 0 Å². The molecule has 0 spiro atoms. The van der Waals surface area contributed by atoms with E-state index >= 15 is 0 Å². The minimum Gasteiger partial charge on any atom is -0.508 e. The molecule has 5 nitrogen and oxygen atoms in total. The molecule has 0 fully saturated rings. The minimum absolute atomic E-state index is 0.226. The first-order valence-corrected chi connectivity index (χ1v) is 6.45. The van der Waals surface area contributed by atoms with E-state index in [4.69, 9.17) is 0 Å². The third-order valence-electron chi connectivity index (χ3n) is 2.47. The highest BCUT2D eigenvalue weighted by atomic mass is 32.2. The number of aromatic hydroxyl groups is 1. The second-order valence-electron chi connectivity index (χ2n) is 3.81. The Morgan fingerprint density at radius 2 is 1.84 bits per heavy atom. The van der Waals surface area contributed by atoms with Gasteiger partial charge in [0.15, 0.2) is 0 Å². The van der Waals surface area contributed by atoms with E-state index in [1.54, 1.807) is 22.9 Å². The van der Waals surface area contributed by atoms with Crippen molar-refractivity contribution in [3.63, 3.8) is 0 Å². The van der Waals surface area contributed by atoms with Gasteiger partial charge in [0.05, 0.1) is 5.69 Å². The first-order valence-electron chi connectivity index (χ1n) is 5.63. The Morgan fingerprint density at radius 3 is 2.63 bits per heavy atom. The van der Waals surface area contributed by atoms with Crippen LogP contribution in [0.1, 0.15) is 0 Å². The van der Waals surface area contributed by atoms with Crippen molar-refractivity contribution in [3.8, 4) is 11.4 Å². The van der Waals surface area contributed by atoms with Crippen molar-refractivity contribution < 1.29 is 5.11 Å². The van der Waals surface area contributed by atoms with Crippen molar-refractivity contribution >= 4 is 11.8 Å². The van der Waals surface area contributed by atoms with Gasteiger partial charge in [-0.15, -0.1) is 5.10 Å². The van der Waals surface area contributed by atoms with Crippen LogP contribution in [0.25, 0.3) is 5.69 Å². The van der Waals surface area contributed by atoms with Gasteiger partial charge >= 0.3 is 0 Å². The maximum Gasteiger partial charge on any atom is 0.218 e. The molecule has 1 aromatic heterocycles. The van der Waals surface area contributed by atoms with Crippen LogP contribution < -0.4 is 0 Å². The zero-order chi connectivity index (χ0) is 13.1. The summed E-state index contributed by atoms with van der Waals surface area (Å²) in [4.78, 5) is 0.881. The summed E-state index contributed by atoms with van der Waals surface area (Å²) in [6.45, 7) is 0.